The van der Waals surface area contributed by atoms with Crippen molar-refractivity contribution in [2.24, 2.45) is 10.9 Å². The molecule has 1 aromatic heterocycles. The van der Waals surface area contributed by atoms with Crippen LogP contribution in [0.15, 0.2) is 27.8 Å². The molecule has 0 unspecified atom stereocenters. The molecule has 3 N–H and O–H groups in total. The number of nitrogens with zero attached hydrogens (tertiary/aromatic N) is 3. The molecule has 0 aliphatic carbocycles. The molecule has 0 amide bonds. The molecule has 2 rings (SSSR count). The average Bonchev–Trinajstić information content (AvgIpc) is 2.46. The summed E-state index contributed by atoms with van der Waals surface area (Å²) in [6.07, 6.45) is 0. The van der Waals surface area contributed by atoms with Crippen LogP contribution in [-0.2, 0) is 0 Å². The standard InChI is InChI=1S/C14H15BrN4O2/c1-7-4-5-10(15)6-11(7)21-14-12(13(16)19-20)8(2)9(3)17-18-14/h4-6,20H,1-3H3,(H2,16,19). The summed E-state index contributed by atoms with van der Waals surface area (Å²) in [7, 11) is 0. The van der Waals surface area contributed by atoms with Crippen LogP contribution < -0.4 is 10.5 Å². The molecular formula is C14H15BrN4O2. The van der Waals surface area contributed by atoms with E-state index in [2.05, 4.69) is 31.3 Å². The summed E-state index contributed by atoms with van der Waals surface area (Å²) in [6, 6.07) is 5.65. The number of amidine groups is 1. The normalized spacial score (nSPS) is 11.5. The highest BCUT2D eigenvalue weighted by molar-refractivity contribution is 9.10. The topological polar surface area (TPSA) is 93.6 Å². The van der Waals surface area contributed by atoms with Crippen LogP contribution in [0, 0.1) is 20.8 Å². The highest BCUT2D eigenvalue weighted by Gasteiger charge is 2.18. The van der Waals surface area contributed by atoms with E-state index >= 15 is 0 Å². The lowest BCUT2D eigenvalue weighted by molar-refractivity contribution is 0.318. The van der Waals surface area contributed by atoms with Crippen molar-refractivity contribution in [3.8, 4) is 11.6 Å². The predicted molar refractivity (Wildman–Crippen MR) is 83.0 cm³/mol. The first-order valence-electron chi connectivity index (χ1n) is 6.19. The van der Waals surface area contributed by atoms with Gasteiger partial charge in [-0.3, -0.25) is 0 Å². The Kier molecular flexibility index (Phi) is 4.42. The first-order valence-corrected chi connectivity index (χ1v) is 6.99. The second-order valence-corrected chi connectivity index (χ2v) is 5.50. The number of hydrogen-bond acceptors (Lipinski definition) is 5. The maximum Gasteiger partial charge on any atom is 0.250 e. The van der Waals surface area contributed by atoms with Crippen molar-refractivity contribution >= 4 is 21.8 Å². The van der Waals surface area contributed by atoms with Gasteiger partial charge in [0.05, 0.1) is 11.3 Å². The average molecular weight is 351 g/mol. The van der Waals surface area contributed by atoms with Crippen LogP contribution in [0.2, 0.25) is 0 Å². The number of halogens is 1. The Morgan fingerprint density at radius 2 is 2.00 bits per heavy atom. The zero-order chi connectivity index (χ0) is 15.6. The number of ether oxygens (including phenoxy) is 1. The molecule has 21 heavy (non-hydrogen) atoms. The lowest BCUT2D eigenvalue weighted by atomic mass is 10.1. The lowest BCUT2D eigenvalue weighted by Crippen LogP contribution is -2.18. The van der Waals surface area contributed by atoms with Crippen LogP contribution in [-0.4, -0.2) is 21.2 Å². The number of oxime groups is 1. The SMILES string of the molecule is Cc1ccc(Br)cc1Oc1nnc(C)c(C)c1/C(N)=N/O. The monoisotopic (exact) mass is 350 g/mol. The van der Waals surface area contributed by atoms with Gasteiger partial charge in [0.15, 0.2) is 5.84 Å². The molecule has 0 saturated heterocycles. The largest absolute Gasteiger partial charge is 0.437 e. The van der Waals surface area contributed by atoms with Crippen LogP contribution in [0.5, 0.6) is 11.6 Å². The molecule has 2 aromatic rings. The maximum atomic E-state index is 8.94. The van der Waals surface area contributed by atoms with Gasteiger partial charge in [0, 0.05) is 4.47 Å². The highest BCUT2D eigenvalue weighted by Crippen LogP contribution is 2.30. The van der Waals surface area contributed by atoms with Crippen LogP contribution in [0.1, 0.15) is 22.4 Å². The van der Waals surface area contributed by atoms with Crippen molar-refractivity contribution < 1.29 is 9.94 Å². The Morgan fingerprint density at radius 3 is 2.67 bits per heavy atom. The molecule has 0 fully saturated rings. The third-order valence-electron chi connectivity index (χ3n) is 3.14. The zero-order valence-corrected chi connectivity index (χ0v) is 13.5. The van der Waals surface area contributed by atoms with Gasteiger partial charge >= 0.3 is 0 Å². The fourth-order valence-electron chi connectivity index (χ4n) is 1.80. The van der Waals surface area contributed by atoms with Crippen LogP contribution >= 0.6 is 15.9 Å². The quantitative estimate of drug-likeness (QED) is 0.384. The van der Waals surface area contributed by atoms with E-state index in [1.54, 1.807) is 6.92 Å². The number of rotatable bonds is 3. The van der Waals surface area contributed by atoms with Gasteiger partial charge in [-0.1, -0.05) is 27.2 Å². The molecule has 0 bridgehead atoms. The van der Waals surface area contributed by atoms with Crippen LogP contribution in [0.3, 0.4) is 0 Å². The van der Waals surface area contributed by atoms with Gasteiger partial charge in [-0.15, -0.1) is 5.10 Å². The molecule has 0 saturated carbocycles. The van der Waals surface area contributed by atoms with Gasteiger partial charge in [-0.05, 0) is 44.0 Å². The second-order valence-electron chi connectivity index (χ2n) is 4.59. The van der Waals surface area contributed by atoms with Crippen molar-refractivity contribution in [1.29, 1.82) is 0 Å². The van der Waals surface area contributed by atoms with Crippen molar-refractivity contribution in [1.82, 2.24) is 10.2 Å². The van der Waals surface area contributed by atoms with Gasteiger partial charge in [-0.2, -0.15) is 5.10 Å². The van der Waals surface area contributed by atoms with E-state index in [-0.39, 0.29) is 11.7 Å². The molecule has 110 valence electrons. The summed E-state index contributed by atoms with van der Waals surface area (Å²) in [4.78, 5) is 0. The molecule has 0 aliphatic heterocycles. The molecule has 1 heterocycles. The van der Waals surface area contributed by atoms with Crippen molar-refractivity contribution in [3.05, 3.63) is 45.1 Å². The summed E-state index contributed by atoms with van der Waals surface area (Å²) < 4.78 is 6.68. The lowest BCUT2D eigenvalue weighted by Gasteiger charge is -2.13. The molecule has 7 heteroatoms. The number of hydrogen-bond donors (Lipinski definition) is 2. The van der Waals surface area contributed by atoms with Gasteiger partial charge in [0.2, 0.25) is 5.88 Å². The number of aromatic nitrogens is 2. The van der Waals surface area contributed by atoms with Crippen molar-refractivity contribution in [2.45, 2.75) is 20.8 Å². The summed E-state index contributed by atoms with van der Waals surface area (Å²) in [5, 5.41) is 20.0. The molecule has 1 aromatic carbocycles. The molecule has 0 aliphatic rings. The third-order valence-corrected chi connectivity index (χ3v) is 3.64. The van der Waals surface area contributed by atoms with E-state index in [9.17, 15) is 0 Å². The minimum atomic E-state index is -0.0619. The molecule has 0 radical (unpaired) electrons. The molecule has 0 atom stereocenters. The van der Waals surface area contributed by atoms with Gasteiger partial charge < -0.3 is 15.7 Å². The molecule has 0 spiro atoms. The summed E-state index contributed by atoms with van der Waals surface area (Å²) in [5.41, 5.74) is 8.54. The Bertz CT molecular complexity index is 716. The smallest absolute Gasteiger partial charge is 0.250 e. The Morgan fingerprint density at radius 1 is 1.29 bits per heavy atom. The Hall–Kier alpha value is -2.15. The van der Waals surface area contributed by atoms with Gasteiger partial charge in [-0.25, -0.2) is 0 Å². The fourth-order valence-corrected chi connectivity index (χ4v) is 2.14. The van der Waals surface area contributed by atoms with Crippen molar-refractivity contribution in [3.63, 3.8) is 0 Å². The highest BCUT2D eigenvalue weighted by atomic mass is 79.9. The van der Waals surface area contributed by atoms with E-state index < -0.39 is 0 Å². The zero-order valence-electron chi connectivity index (χ0n) is 11.9. The number of benzene rings is 1. The number of aryl methyl sites for hydroxylation is 2. The van der Waals surface area contributed by atoms with Gasteiger partial charge in [0.1, 0.15) is 5.75 Å². The van der Waals surface area contributed by atoms with Gasteiger partial charge in [0.25, 0.3) is 0 Å². The Balaban J connectivity index is 2.54. The first kappa shape index (κ1) is 15.2. The minimum Gasteiger partial charge on any atom is -0.437 e. The van der Waals surface area contributed by atoms with E-state index in [1.165, 1.54) is 0 Å². The summed E-state index contributed by atoms with van der Waals surface area (Å²) in [5.74, 6) is 0.761. The first-order chi connectivity index (χ1) is 9.93. The van der Waals surface area contributed by atoms with E-state index in [4.69, 9.17) is 15.7 Å². The third kappa shape index (κ3) is 3.13. The summed E-state index contributed by atoms with van der Waals surface area (Å²) >= 11 is 3.39. The second kappa shape index (κ2) is 6.09. The molecule has 6 nitrogen and oxygen atoms in total. The van der Waals surface area contributed by atoms with E-state index in [0.717, 1.165) is 15.6 Å². The molecular weight excluding hydrogens is 336 g/mol. The number of nitrogens with two attached hydrogens (primary N) is 1. The Labute approximate surface area is 130 Å². The predicted octanol–water partition coefficient (Wildman–Crippen LogP) is 3.05. The van der Waals surface area contributed by atoms with Crippen LogP contribution in [0.4, 0.5) is 0 Å². The van der Waals surface area contributed by atoms with Crippen molar-refractivity contribution in [2.75, 3.05) is 0 Å². The fraction of sp³-hybridized carbons (Fsp3) is 0.214. The van der Waals surface area contributed by atoms with E-state index in [1.807, 2.05) is 32.0 Å². The summed E-state index contributed by atoms with van der Waals surface area (Å²) in [6.45, 7) is 5.53. The minimum absolute atomic E-state index is 0.0619. The van der Waals surface area contributed by atoms with E-state index in [0.29, 0.717) is 17.0 Å². The van der Waals surface area contributed by atoms with Crippen LogP contribution in [0.25, 0.3) is 0 Å². The maximum absolute atomic E-state index is 8.94.